The van der Waals surface area contributed by atoms with Crippen LogP contribution in [0.4, 0.5) is 0 Å². The second kappa shape index (κ2) is 7.49. The standard InChI is InChI=1S/C17H18O6/c1-11-8-14(22-9-15(18)20-2)12-6-4-5-7-13(12)17(11)23-10-16(19)21-3/h4-8H,9-10H2,1-3H3. The van der Waals surface area contributed by atoms with Gasteiger partial charge < -0.3 is 18.9 Å². The second-order valence-corrected chi connectivity index (χ2v) is 4.80. The van der Waals surface area contributed by atoms with E-state index in [0.717, 1.165) is 16.3 Å². The highest BCUT2D eigenvalue weighted by molar-refractivity contribution is 5.95. The van der Waals surface area contributed by atoms with Crippen LogP contribution < -0.4 is 9.47 Å². The molecule has 0 saturated carbocycles. The summed E-state index contributed by atoms with van der Waals surface area (Å²) in [6.45, 7) is 1.48. The van der Waals surface area contributed by atoms with Crippen LogP contribution in [0.2, 0.25) is 0 Å². The molecule has 0 radical (unpaired) electrons. The first-order chi connectivity index (χ1) is 11.1. The Balaban J connectivity index is 2.37. The van der Waals surface area contributed by atoms with Crippen molar-refractivity contribution in [3.8, 4) is 11.5 Å². The summed E-state index contributed by atoms with van der Waals surface area (Å²) in [5, 5.41) is 1.57. The summed E-state index contributed by atoms with van der Waals surface area (Å²) in [5.74, 6) is 0.211. The fourth-order valence-corrected chi connectivity index (χ4v) is 2.14. The SMILES string of the molecule is COC(=O)COc1cc(C)c(OCC(=O)OC)c2ccccc12. The average Bonchev–Trinajstić information content (AvgIpc) is 2.58. The van der Waals surface area contributed by atoms with Gasteiger partial charge in [0, 0.05) is 10.8 Å². The molecule has 0 aliphatic heterocycles. The van der Waals surface area contributed by atoms with Crippen LogP contribution in [0.25, 0.3) is 10.8 Å². The van der Waals surface area contributed by atoms with Crippen LogP contribution in [-0.4, -0.2) is 39.4 Å². The van der Waals surface area contributed by atoms with E-state index in [2.05, 4.69) is 9.47 Å². The highest BCUT2D eigenvalue weighted by atomic mass is 16.6. The molecule has 0 amide bonds. The molecule has 0 atom stereocenters. The predicted octanol–water partition coefficient (Wildman–Crippen LogP) is 2.25. The topological polar surface area (TPSA) is 71.1 Å². The summed E-state index contributed by atoms with van der Waals surface area (Å²) in [6.07, 6.45) is 0. The fourth-order valence-electron chi connectivity index (χ4n) is 2.14. The molecule has 0 spiro atoms. The Labute approximate surface area is 133 Å². The second-order valence-electron chi connectivity index (χ2n) is 4.80. The number of aryl methyl sites for hydroxylation is 1. The van der Waals surface area contributed by atoms with Gasteiger partial charge in [-0.25, -0.2) is 9.59 Å². The molecule has 0 aliphatic carbocycles. The van der Waals surface area contributed by atoms with Gasteiger partial charge in [-0.1, -0.05) is 24.3 Å². The fraction of sp³-hybridized carbons (Fsp3) is 0.294. The number of hydrogen-bond donors (Lipinski definition) is 0. The monoisotopic (exact) mass is 318 g/mol. The van der Waals surface area contributed by atoms with Crippen molar-refractivity contribution < 1.29 is 28.5 Å². The third-order valence-electron chi connectivity index (χ3n) is 3.28. The Hall–Kier alpha value is -2.76. The van der Waals surface area contributed by atoms with Crippen molar-refractivity contribution >= 4 is 22.7 Å². The molecule has 0 aliphatic rings. The summed E-state index contributed by atoms with van der Waals surface area (Å²) in [5.41, 5.74) is 0.785. The smallest absolute Gasteiger partial charge is 0.343 e. The van der Waals surface area contributed by atoms with Gasteiger partial charge in [-0.05, 0) is 18.6 Å². The van der Waals surface area contributed by atoms with Crippen LogP contribution in [0.1, 0.15) is 5.56 Å². The maximum Gasteiger partial charge on any atom is 0.343 e. The van der Waals surface area contributed by atoms with Gasteiger partial charge in [0.1, 0.15) is 11.5 Å². The molecule has 0 saturated heterocycles. The molecule has 122 valence electrons. The summed E-state index contributed by atoms with van der Waals surface area (Å²) in [6, 6.07) is 9.19. The van der Waals surface area contributed by atoms with Gasteiger partial charge >= 0.3 is 11.9 Å². The van der Waals surface area contributed by atoms with Crippen LogP contribution in [0.5, 0.6) is 11.5 Å². The number of hydrogen-bond acceptors (Lipinski definition) is 6. The highest BCUT2D eigenvalue weighted by Crippen LogP contribution is 2.36. The lowest BCUT2D eigenvalue weighted by Crippen LogP contribution is -2.14. The molecule has 23 heavy (non-hydrogen) atoms. The Kier molecular flexibility index (Phi) is 5.41. The lowest BCUT2D eigenvalue weighted by molar-refractivity contribution is -0.143. The summed E-state index contributed by atoms with van der Waals surface area (Å²) in [4.78, 5) is 22.5. The van der Waals surface area contributed by atoms with Gasteiger partial charge in [0.25, 0.3) is 0 Å². The minimum Gasteiger partial charge on any atom is -0.481 e. The zero-order chi connectivity index (χ0) is 16.8. The van der Waals surface area contributed by atoms with Gasteiger partial charge in [-0.15, -0.1) is 0 Å². The number of esters is 2. The number of ether oxygens (including phenoxy) is 4. The third kappa shape index (κ3) is 3.91. The molecule has 0 N–H and O–H groups in total. The van der Waals surface area contributed by atoms with E-state index in [1.165, 1.54) is 14.2 Å². The first-order valence-electron chi connectivity index (χ1n) is 6.98. The molecule has 0 aromatic heterocycles. The number of rotatable bonds is 6. The summed E-state index contributed by atoms with van der Waals surface area (Å²) in [7, 11) is 2.61. The molecule has 2 rings (SSSR count). The number of methoxy groups -OCH3 is 2. The van der Waals surface area contributed by atoms with Crippen molar-refractivity contribution in [3.63, 3.8) is 0 Å². The Bertz CT molecular complexity index is 722. The lowest BCUT2D eigenvalue weighted by atomic mass is 10.0. The van der Waals surface area contributed by atoms with Crippen LogP contribution in [-0.2, 0) is 19.1 Å². The molecule has 0 fully saturated rings. The zero-order valence-electron chi connectivity index (χ0n) is 13.3. The number of benzene rings is 2. The zero-order valence-corrected chi connectivity index (χ0v) is 13.3. The molecule has 6 nitrogen and oxygen atoms in total. The minimum absolute atomic E-state index is 0.177. The van der Waals surface area contributed by atoms with Gasteiger partial charge in [0.2, 0.25) is 0 Å². The predicted molar refractivity (Wildman–Crippen MR) is 83.7 cm³/mol. The quantitative estimate of drug-likeness (QED) is 0.761. The third-order valence-corrected chi connectivity index (χ3v) is 3.28. The minimum atomic E-state index is -0.460. The lowest BCUT2D eigenvalue weighted by Gasteiger charge is -2.15. The summed E-state index contributed by atoms with van der Waals surface area (Å²) < 4.78 is 20.3. The van der Waals surface area contributed by atoms with E-state index in [9.17, 15) is 9.59 Å². The maximum atomic E-state index is 11.3. The first-order valence-corrected chi connectivity index (χ1v) is 6.98. The average molecular weight is 318 g/mol. The summed E-state index contributed by atoms with van der Waals surface area (Å²) >= 11 is 0. The van der Waals surface area contributed by atoms with Crippen molar-refractivity contribution in [2.24, 2.45) is 0 Å². The van der Waals surface area contributed by atoms with E-state index >= 15 is 0 Å². The van der Waals surface area contributed by atoms with Crippen molar-refractivity contribution in [2.75, 3.05) is 27.4 Å². The van der Waals surface area contributed by atoms with Gasteiger partial charge in [-0.3, -0.25) is 0 Å². The van der Waals surface area contributed by atoms with Crippen LogP contribution in [0, 0.1) is 6.92 Å². The Morgan fingerprint density at radius 1 is 0.913 bits per heavy atom. The van der Waals surface area contributed by atoms with Crippen molar-refractivity contribution in [3.05, 3.63) is 35.9 Å². The molecule has 0 heterocycles. The number of carbonyl (C=O) groups is 2. The van der Waals surface area contributed by atoms with E-state index in [0.29, 0.717) is 11.5 Å². The van der Waals surface area contributed by atoms with E-state index in [4.69, 9.17) is 9.47 Å². The van der Waals surface area contributed by atoms with Gasteiger partial charge in [-0.2, -0.15) is 0 Å². The van der Waals surface area contributed by atoms with E-state index in [1.54, 1.807) is 6.07 Å². The van der Waals surface area contributed by atoms with E-state index < -0.39 is 11.9 Å². The Morgan fingerprint density at radius 3 is 2.09 bits per heavy atom. The van der Waals surface area contributed by atoms with Gasteiger partial charge in [0.15, 0.2) is 13.2 Å². The van der Waals surface area contributed by atoms with E-state index in [1.807, 2.05) is 31.2 Å². The van der Waals surface area contributed by atoms with Crippen molar-refractivity contribution in [2.45, 2.75) is 6.92 Å². The molecule has 0 bridgehead atoms. The molecular formula is C17H18O6. The number of fused-ring (bicyclic) bond motifs is 1. The van der Waals surface area contributed by atoms with Crippen LogP contribution in [0.15, 0.2) is 30.3 Å². The van der Waals surface area contributed by atoms with Crippen molar-refractivity contribution in [1.82, 2.24) is 0 Å². The first kappa shape index (κ1) is 16.6. The molecule has 0 unspecified atom stereocenters. The molecule has 2 aromatic carbocycles. The molecule has 6 heteroatoms. The van der Waals surface area contributed by atoms with E-state index in [-0.39, 0.29) is 13.2 Å². The number of carbonyl (C=O) groups excluding carboxylic acids is 2. The molecule has 2 aromatic rings. The van der Waals surface area contributed by atoms with Crippen LogP contribution >= 0.6 is 0 Å². The largest absolute Gasteiger partial charge is 0.481 e. The normalized spacial score (nSPS) is 10.2. The molecular weight excluding hydrogens is 300 g/mol. The van der Waals surface area contributed by atoms with Crippen LogP contribution in [0.3, 0.4) is 0 Å². The van der Waals surface area contributed by atoms with Gasteiger partial charge in [0.05, 0.1) is 14.2 Å². The maximum absolute atomic E-state index is 11.3. The highest BCUT2D eigenvalue weighted by Gasteiger charge is 2.14. The Morgan fingerprint density at radius 2 is 1.48 bits per heavy atom. The van der Waals surface area contributed by atoms with Crippen molar-refractivity contribution in [1.29, 1.82) is 0 Å².